The Morgan fingerprint density at radius 1 is 1.08 bits per heavy atom. The molecule has 0 aliphatic rings. The summed E-state index contributed by atoms with van der Waals surface area (Å²) in [5.41, 5.74) is 1.21. The highest BCUT2D eigenvalue weighted by atomic mass is 16.6. The van der Waals surface area contributed by atoms with Crippen molar-refractivity contribution >= 4 is 29.7 Å². The maximum Gasteiger partial charge on any atom is 0.408 e. The minimum atomic E-state index is -1.33. The Labute approximate surface area is 226 Å². The van der Waals surface area contributed by atoms with Gasteiger partial charge in [0.25, 0.3) is 5.91 Å². The fourth-order valence-electron chi connectivity index (χ4n) is 3.94. The lowest BCUT2D eigenvalue weighted by molar-refractivity contribution is -0.148. The highest BCUT2D eigenvalue weighted by molar-refractivity contribution is 5.99. The number of hydrogen-bond acceptors (Lipinski definition) is 5. The molecule has 0 saturated carbocycles. The number of ether oxygens (including phenoxy) is 1. The highest BCUT2D eigenvalue weighted by Gasteiger charge is 2.43. The van der Waals surface area contributed by atoms with Crippen LogP contribution in [-0.4, -0.2) is 51.7 Å². The molecule has 8 nitrogen and oxygen atoms in total. The number of aliphatic hydroxyl groups excluding tert-OH is 1. The van der Waals surface area contributed by atoms with Gasteiger partial charge in [-0.1, -0.05) is 56.0 Å². The van der Waals surface area contributed by atoms with Crippen LogP contribution in [0.15, 0.2) is 55.1 Å². The van der Waals surface area contributed by atoms with Crippen LogP contribution >= 0.6 is 0 Å². The Balaban J connectivity index is 2.63. The van der Waals surface area contributed by atoms with Crippen molar-refractivity contribution in [3.05, 3.63) is 71.8 Å². The fraction of sp³-hybridized carbons (Fsp3) is 0.433. The van der Waals surface area contributed by atoms with Crippen LogP contribution in [0.4, 0.5) is 10.5 Å². The molecule has 0 saturated heterocycles. The summed E-state index contributed by atoms with van der Waals surface area (Å²) < 4.78 is 5.30. The summed E-state index contributed by atoms with van der Waals surface area (Å²) in [6, 6.07) is 12.2. The summed E-state index contributed by atoms with van der Waals surface area (Å²) in [5, 5.41) is 15.6. The van der Waals surface area contributed by atoms with Gasteiger partial charge < -0.3 is 25.4 Å². The van der Waals surface area contributed by atoms with E-state index in [4.69, 9.17) is 4.74 Å². The molecule has 0 aliphatic heterocycles. The average Bonchev–Trinajstić information content (AvgIpc) is 2.85. The molecule has 3 amide bonds. The molecule has 2 rings (SSSR count). The molecule has 3 N–H and O–H groups in total. The number of carbonyl (C=O) groups excluding carboxylic acids is 3. The van der Waals surface area contributed by atoms with Crippen LogP contribution in [0.1, 0.15) is 70.7 Å². The van der Waals surface area contributed by atoms with Gasteiger partial charge >= 0.3 is 6.09 Å². The van der Waals surface area contributed by atoms with Gasteiger partial charge in [0.1, 0.15) is 17.7 Å². The molecule has 0 fully saturated rings. The lowest BCUT2D eigenvalue weighted by Gasteiger charge is -2.44. The number of rotatable bonds is 10. The van der Waals surface area contributed by atoms with Gasteiger partial charge in [-0.15, -0.1) is 0 Å². The number of aryl methyl sites for hydroxylation is 1. The number of anilines is 1. The van der Waals surface area contributed by atoms with E-state index in [1.54, 1.807) is 51.1 Å². The Kier molecular flexibility index (Phi) is 10.2. The smallest absolute Gasteiger partial charge is 0.408 e. The largest absolute Gasteiger partial charge is 0.444 e. The first-order chi connectivity index (χ1) is 17.7. The second-order valence-corrected chi connectivity index (χ2v) is 10.8. The number of hydrogen-bond donors (Lipinski definition) is 3. The number of carbonyl (C=O) groups is 3. The molecule has 2 aromatic carbocycles. The topological polar surface area (TPSA) is 108 Å². The average molecular weight is 524 g/mol. The highest BCUT2D eigenvalue weighted by Crippen LogP contribution is 2.33. The van der Waals surface area contributed by atoms with E-state index < -0.39 is 47.7 Å². The maximum absolute atomic E-state index is 14.1. The molecule has 0 spiro atoms. The van der Waals surface area contributed by atoms with Gasteiger partial charge in [-0.05, 0) is 76.8 Å². The summed E-state index contributed by atoms with van der Waals surface area (Å²) >= 11 is 0. The van der Waals surface area contributed by atoms with Gasteiger partial charge in [0, 0.05) is 11.2 Å². The van der Waals surface area contributed by atoms with Gasteiger partial charge in [-0.2, -0.15) is 0 Å². The van der Waals surface area contributed by atoms with Crippen LogP contribution in [0.25, 0.3) is 6.08 Å². The Morgan fingerprint density at radius 3 is 2.29 bits per heavy atom. The summed E-state index contributed by atoms with van der Waals surface area (Å²) in [4.78, 5) is 42.0. The standard InChI is InChI=1S/C30H41N3O5/c1-9-21-15-13-16-22(18-21)25(26(35)31-23-17-12-11-14-20(23)3)33(30(7,8)10-2)27(36)24(19-34)32-28(37)38-29(4,5)6/h9,11-18,24-25,34H,1,10,19H2,2-8H3,(H,31,35)(H,32,37). The van der Waals surface area contributed by atoms with Gasteiger partial charge in [0.2, 0.25) is 5.91 Å². The second-order valence-electron chi connectivity index (χ2n) is 10.8. The van der Waals surface area contributed by atoms with E-state index in [0.29, 0.717) is 17.7 Å². The first-order valence-corrected chi connectivity index (χ1v) is 12.8. The van der Waals surface area contributed by atoms with Gasteiger partial charge in [-0.3, -0.25) is 9.59 Å². The summed E-state index contributed by atoms with van der Waals surface area (Å²) in [5.74, 6) is -1.04. The van der Waals surface area contributed by atoms with Crippen LogP contribution in [0.5, 0.6) is 0 Å². The lowest BCUT2D eigenvalue weighted by atomic mass is 9.91. The minimum Gasteiger partial charge on any atom is -0.444 e. The molecule has 206 valence electrons. The van der Waals surface area contributed by atoms with Gasteiger partial charge in [0.05, 0.1) is 6.61 Å². The van der Waals surface area contributed by atoms with Crippen LogP contribution in [0.3, 0.4) is 0 Å². The van der Waals surface area contributed by atoms with E-state index in [2.05, 4.69) is 17.2 Å². The molecule has 0 heterocycles. The molecule has 0 bridgehead atoms. The fourth-order valence-corrected chi connectivity index (χ4v) is 3.94. The normalized spacial score (nSPS) is 13.2. The molecule has 2 atom stereocenters. The molecule has 2 unspecified atom stereocenters. The first kappa shape index (κ1) is 30.6. The third-order valence-electron chi connectivity index (χ3n) is 6.30. The third kappa shape index (κ3) is 7.92. The zero-order valence-corrected chi connectivity index (χ0v) is 23.5. The van der Waals surface area contributed by atoms with Crippen molar-refractivity contribution in [3.63, 3.8) is 0 Å². The Morgan fingerprint density at radius 2 is 1.74 bits per heavy atom. The lowest BCUT2D eigenvalue weighted by Crippen LogP contribution is -2.59. The van der Waals surface area contributed by atoms with E-state index >= 15 is 0 Å². The van der Waals surface area contributed by atoms with Crippen LogP contribution in [0.2, 0.25) is 0 Å². The van der Waals surface area contributed by atoms with Crippen molar-refractivity contribution in [1.29, 1.82) is 0 Å². The number of benzene rings is 2. The Hall–Kier alpha value is -3.65. The van der Waals surface area contributed by atoms with Crippen molar-refractivity contribution in [2.24, 2.45) is 0 Å². The maximum atomic E-state index is 14.1. The molecule has 8 heteroatoms. The van der Waals surface area contributed by atoms with Crippen molar-refractivity contribution < 1.29 is 24.2 Å². The molecule has 0 aliphatic carbocycles. The molecule has 0 radical (unpaired) electrons. The quantitative estimate of drug-likeness (QED) is 0.396. The summed E-state index contributed by atoms with van der Waals surface area (Å²) in [7, 11) is 0. The molecule has 2 aromatic rings. The van der Waals surface area contributed by atoms with E-state index in [0.717, 1.165) is 11.1 Å². The van der Waals surface area contributed by atoms with E-state index in [9.17, 15) is 19.5 Å². The number of alkyl carbamates (subject to hydrolysis) is 1. The number of nitrogens with one attached hydrogen (secondary N) is 2. The van der Waals surface area contributed by atoms with Crippen LogP contribution < -0.4 is 10.6 Å². The second kappa shape index (κ2) is 12.7. The summed E-state index contributed by atoms with van der Waals surface area (Å²) in [6.45, 7) is 15.7. The molecule has 0 aromatic heterocycles. The van der Waals surface area contributed by atoms with Crippen molar-refractivity contribution in [1.82, 2.24) is 10.2 Å². The molecular formula is C30H41N3O5. The van der Waals surface area contributed by atoms with Crippen molar-refractivity contribution in [2.75, 3.05) is 11.9 Å². The number of para-hydroxylation sites is 1. The van der Waals surface area contributed by atoms with Crippen LogP contribution in [-0.2, 0) is 14.3 Å². The predicted octanol–water partition coefficient (Wildman–Crippen LogP) is 5.22. The van der Waals surface area contributed by atoms with E-state index in [1.165, 1.54) is 4.90 Å². The zero-order chi connectivity index (χ0) is 28.7. The number of aliphatic hydroxyl groups is 1. The van der Waals surface area contributed by atoms with Gasteiger partial charge in [0.15, 0.2) is 0 Å². The zero-order valence-electron chi connectivity index (χ0n) is 23.5. The monoisotopic (exact) mass is 523 g/mol. The predicted molar refractivity (Wildman–Crippen MR) is 151 cm³/mol. The molecule has 38 heavy (non-hydrogen) atoms. The first-order valence-electron chi connectivity index (χ1n) is 12.8. The SMILES string of the molecule is C=Cc1cccc(C(C(=O)Nc2ccccc2C)N(C(=O)C(CO)NC(=O)OC(C)(C)C)C(C)(C)CC)c1. The summed E-state index contributed by atoms with van der Waals surface area (Å²) in [6.07, 6.45) is 1.32. The van der Waals surface area contributed by atoms with Crippen LogP contribution in [0, 0.1) is 6.92 Å². The Bertz CT molecular complexity index is 1150. The number of nitrogens with zero attached hydrogens (tertiary/aromatic N) is 1. The van der Waals surface area contributed by atoms with Crippen molar-refractivity contribution in [3.8, 4) is 0 Å². The third-order valence-corrected chi connectivity index (χ3v) is 6.30. The number of amides is 3. The van der Waals surface area contributed by atoms with Gasteiger partial charge in [-0.25, -0.2) is 4.79 Å². The van der Waals surface area contributed by atoms with E-state index in [-0.39, 0.29) is 0 Å². The molecular weight excluding hydrogens is 482 g/mol. The minimum absolute atomic E-state index is 0.427. The van der Waals surface area contributed by atoms with E-state index in [1.807, 2.05) is 52.0 Å². The van der Waals surface area contributed by atoms with Crippen molar-refractivity contribution in [2.45, 2.75) is 78.1 Å².